The molecular formula is C20H29NO9. The summed E-state index contributed by atoms with van der Waals surface area (Å²) < 4.78 is 30.0. The first-order chi connectivity index (χ1) is 14.3. The molecule has 168 valence electrons. The summed E-state index contributed by atoms with van der Waals surface area (Å²) in [6, 6.07) is 4.51. The molecule has 1 N–H and O–H groups in total. The average Bonchev–Trinajstić information content (AvgIpc) is 2.67. The second-order valence-electron chi connectivity index (χ2n) is 6.13. The standard InChI is InChI=1S/C20H29NO9/c1-6-25-18(22)28-15-10-9-14(11-16(15)29-19(23)26-7-2)17(12-21-13(4)5)30-20(24)27-8-3/h9-11,13,17,21H,6-8,12H2,1-5H3/t17-/m0/s1. The van der Waals surface area contributed by atoms with Crippen LogP contribution in [-0.4, -0.2) is 50.9 Å². The molecule has 0 aliphatic rings. The smallest absolute Gasteiger partial charge is 0.435 e. The van der Waals surface area contributed by atoms with Gasteiger partial charge in [0.25, 0.3) is 0 Å². The largest absolute Gasteiger partial charge is 0.513 e. The third-order valence-electron chi connectivity index (χ3n) is 3.46. The summed E-state index contributed by atoms with van der Waals surface area (Å²) >= 11 is 0. The van der Waals surface area contributed by atoms with Gasteiger partial charge < -0.3 is 33.7 Å². The van der Waals surface area contributed by atoms with Crippen molar-refractivity contribution in [3.8, 4) is 11.5 Å². The summed E-state index contributed by atoms with van der Waals surface area (Å²) in [5.41, 5.74) is 0.478. The zero-order valence-corrected chi connectivity index (χ0v) is 17.9. The highest BCUT2D eigenvalue weighted by Gasteiger charge is 2.22. The SMILES string of the molecule is CCOC(=O)Oc1ccc([C@H](CNC(C)C)OC(=O)OCC)cc1OC(=O)OCC. The molecule has 0 bridgehead atoms. The number of benzene rings is 1. The molecule has 30 heavy (non-hydrogen) atoms. The van der Waals surface area contributed by atoms with E-state index < -0.39 is 24.6 Å². The summed E-state index contributed by atoms with van der Waals surface area (Å²) in [5.74, 6) is -0.155. The molecule has 10 nitrogen and oxygen atoms in total. The molecule has 0 fully saturated rings. The summed E-state index contributed by atoms with van der Waals surface area (Å²) in [7, 11) is 0. The predicted molar refractivity (Wildman–Crippen MR) is 106 cm³/mol. The molecule has 1 atom stereocenters. The molecule has 0 amide bonds. The van der Waals surface area contributed by atoms with Crippen molar-refractivity contribution in [2.24, 2.45) is 0 Å². The number of hydrogen-bond acceptors (Lipinski definition) is 10. The second kappa shape index (κ2) is 13.3. The van der Waals surface area contributed by atoms with E-state index in [0.29, 0.717) is 5.56 Å². The molecule has 0 aliphatic carbocycles. The van der Waals surface area contributed by atoms with Crippen molar-refractivity contribution in [3.63, 3.8) is 0 Å². The van der Waals surface area contributed by atoms with Crippen LogP contribution >= 0.6 is 0 Å². The maximum Gasteiger partial charge on any atom is 0.513 e. The molecule has 0 spiro atoms. The van der Waals surface area contributed by atoms with Crippen LogP contribution in [0.15, 0.2) is 18.2 Å². The molecule has 0 saturated carbocycles. The Hall–Kier alpha value is -3.01. The molecule has 0 aromatic heterocycles. The molecule has 0 unspecified atom stereocenters. The Labute approximate surface area is 175 Å². The van der Waals surface area contributed by atoms with Crippen molar-refractivity contribution in [2.45, 2.75) is 46.8 Å². The van der Waals surface area contributed by atoms with Gasteiger partial charge in [0, 0.05) is 12.6 Å². The summed E-state index contributed by atoms with van der Waals surface area (Å²) in [4.78, 5) is 35.3. The predicted octanol–water partition coefficient (Wildman–Crippen LogP) is 3.97. The van der Waals surface area contributed by atoms with E-state index in [1.54, 1.807) is 26.8 Å². The summed E-state index contributed by atoms with van der Waals surface area (Å²) in [5, 5.41) is 3.17. The third-order valence-corrected chi connectivity index (χ3v) is 3.46. The lowest BCUT2D eigenvalue weighted by Crippen LogP contribution is -2.30. The van der Waals surface area contributed by atoms with Crippen LogP contribution in [0.5, 0.6) is 11.5 Å². The van der Waals surface area contributed by atoms with Gasteiger partial charge in [0.1, 0.15) is 6.10 Å². The Kier molecular flexibility index (Phi) is 11.1. The minimum Gasteiger partial charge on any atom is -0.435 e. The van der Waals surface area contributed by atoms with Crippen molar-refractivity contribution in [3.05, 3.63) is 23.8 Å². The van der Waals surface area contributed by atoms with E-state index in [0.717, 1.165) is 0 Å². The van der Waals surface area contributed by atoms with Gasteiger partial charge in [-0.15, -0.1) is 0 Å². The monoisotopic (exact) mass is 427 g/mol. The first-order valence-electron chi connectivity index (χ1n) is 9.70. The van der Waals surface area contributed by atoms with E-state index in [1.165, 1.54) is 12.1 Å². The maximum atomic E-state index is 11.8. The fraction of sp³-hybridized carbons (Fsp3) is 0.550. The molecule has 0 heterocycles. The maximum absolute atomic E-state index is 11.8. The van der Waals surface area contributed by atoms with Crippen LogP contribution in [0, 0.1) is 0 Å². The lowest BCUT2D eigenvalue weighted by molar-refractivity contribution is 0.0249. The highest BCUT2D eigenvalue weighted by atomic mass is 16.7. The van der Waals surface area contributed by atoms with Crippen LogP contribution in [0.4, 0.5) is 14.4 Å². The van der Waals surface area contributed by atoms with Gasteiger partial charge in [-0.25, -0.2) is 14.4 Å². The van der Waals surface area contributed by atoms with Gasteiger partial charge in [-0.05, 0) is 38.5 Å². The number of hydrogen-bond donors (Lipinski definition) is 1. The molecule has 1 rings (SSSR count). The lowest BCUT2D eigenvalue weighted by atomic mass is 10.1. The fourth-order valence-electron chi connectivity index (χ4n) is 2.20. The highest BCUT2D eigenvalue weighted by molar-refractivity contribution is 5.69. The minimum absolute atomic E-state index is 0.0584. The topological polar surface area (TPSA) is 119 Å². The Morgan fingerprint density at radius 1 is 0.833 bits per heavy atom. The number of carbonyl (C=O) groups excluding carboxylic acids is 3. The van der Waals surface area contributed by atoms with Crippen LogP contribution in [0.3, 0.4) is 0 Å². The van der Waals surface area contributed by atoms with Gasteiger partial charge in [0.15, 0.2) is 11.5 Å². The van der Waals surface area contributed by atoms with Gasteiger partial charge in [0.05, 0.1) is 19.8 Å². The van der Waals surface area contributed by atoms with Crippen molar-refractivity contribution in [1.29, 1.82) is 0 Å². The van der Waals surface area contributed by atoms with E-state index in [2.05, 4.69) is 5.32 Å². The van der Waals surface area contributed by atoms with Crippen molar-refractivity contribution in [1.82, 2.24) is 5.32 Å². The highest BCUT2D eigenvalue weighted by Crippen LogP contribution is 2.32. The molecular weight excluding hydrogens is 398 g/mol. The van der Waals surface area contributed by atoms with E-state index in [1.807, 2.05) is 13.8 Å². The molecule has 0 saturated heterocycles. The van der Waals surface area contributed by atoms with Crippen molar-refractivity contribution in [2.75, 3.05) is 26.4 Å². The van der Waals surface area contributed by atoms with Crippen LogP contribution in [0.25, 0.3) is 0 Å². The Morgan fingerprint density at radius 3 is 1.90 bits per heavy atom. The number of ether oxygens (including phenoxy) is 6. The Balaban J connectivity index is 3.20. The van der Waals surface area contributed by atoms with E-state index in [9.17, 15) is 14.4 Å². The van der Waals surface area contributed by atoms with E-state index in [4.69, 9.17) is 28.4 Å². The first kappa shape index (κ1) is 25.0. The fourth-order valence-corrected chi connectivity index (χ4v) is 2.20. The van der Waals surface area contributed by atoms with E-state index in [-0.39, 0.29) is 43.9 Å². The third kappa shape index (κ3) is 8.99. The van der Waals surface area contributed by atoms with Crippen LogP contribution in [0.1, 0.15) is 46.3 Å². The zero-order chi connectivity index (χ0) is 22.5. The molecule has 1 aromatic rings. The average molecular weight is 427 g/mol. The van der Waals surface area contributed by atoms with Crippen molar-refractivity contribution >= 4 is 18.5 Å². The number of carbonyl (C=O) groups is 3. The Bertz CT molecular complexity index is 706. The van der Waals surface area contributed by atoms with Gasteiger partial charge >= 0.3 is 18.5 Å². The number of nitrogens with one attached hydrogen (secondary N) is 1. The zero-order valence-electron chi connectivity index (χ0n) is 17.9. The normalized spacial score (nSPS) is 11.4. The lowest BCUT2D eigenvalue weighted by Gasteiger charge is -2.21. The van der Waals surface area contributed by atoms with Gasteiger partial charge in [-0.2, -0.15) is 0 Å². The Morgan fingerprint density at radius 2 is 1.37 bits per heavy atom. The molecule has 0 radical (unpaired) electrons. The van der Waals surface area contributed by atoms with Gasteiger partial charge in [-0.3, -0.25) is 0 Å². The molecule has 10 heteroatoms. The first-order valence-corrected chi connectivity index (χ1v) is 9.70. The van der Waals surface area contributed by atoms with Gasteiger partial charge in [-0.1, -0.05) is 19.9 Å². The quantitative estimate of drug-likeness (QED) is 0.334. The second-order valence-corrected chi connectivity index (χ2v) is 6.13. The van der Waals surface area contributed by atoms with Crippen LogP contribution in [-0.2, 0) is 18.9 Å². The molecule has 1 aromatic carbocycles. The molecule has 0 aliphatic heterocycles. The van der Waals surface area contributed by atoms with Crippen LogP contribution < -0.4 is 14.8 Å². The summed E-state index contributed by atoms with van der Waals surface area (Å²) in [6.45, 7) is 9.42. The summed E-state index contributed by atoms with van der Waals surface area (Å²) in [6.07, 6.45) is -3.54. The van der Waals surface area contributed by atoms with E-state index >= 15 is 0 Å². The van der Waals surface area contributed by atoms with Crippen molar-refractivity contribution < 1.29 is 42.8 Å². The van der Waals surface area contributed by atoms with Crippen LogP contribution in [0.2, 0.25) is 0 Å². The minimum atomic E-state index is -0.980. The van der Waals surface area contributed by atoms with Gasteiger partial charge in [0.2, 0.25) is 0 Å². The number of rotatable bonds is 10.